The van der Waals surface area contributed by atoms with Gasteiger partial charge in [0.15, 0.2) is 0 Å². The molecular formula is C38H63N9O11S. The van der Waals surface area contributed by atoms with Gasteiger partial charge in [-0.1, -0.05) is 34.1 Å². The van der Waals surface area contributed by atoms with Crippen molar-refractivity contribution in [3.05, 3.63) is 0 Å². The predicted octanol–water partition coefficient (Wildman–Crippen LogP) is -2.97. The van der Waals surface area contributed by atoms with Gasteiger partial charge in [0.05, 0.1) is 12.6 Å². The van der Waals surface area contributed by atoms with Crippen molar-refractivity contribution in [1.29, 1.82) is 0 Å². The second kappa shape index (κ2) is 22.6. The molecule has 0 aromatic carbocycles. The summed E-state index contributed by atoms with van der Waals surface area (Å²) in [5.41, 5.74) is 5.43. The smallest absolute Gasteiger partial charge is 0.246 e. The Hall–Kier alpha value is -4.66. The van der Waals surface area contributed by atoms with Gasteiger partial charge >= 0.3 is 0 Å². The summed E-state index contributed by atoms with van der Waals surface area (Å²) in [7, 11) is -1.41. The highest BCUT2D eigenvalue weighted by molar-refractivity contribution is 7.84. The Morgan fingerprint density at radius 3 is 1.90 bits per heavy atom. The average Bonchev–Trinajstić information content (AvgIpc) is 3.87. The largest absolute Gasteiger partial charge is 0.391 e. The fourth-order valence-corrected chi connectivity index (χ4v) is 8.02. The first-order valence-electron chi connectivity index (χ1n) is 20.4. The number of amides is 9. The molecule has 3 fully saturated rings. The number of nitrogens with one attached hydrogen (secondary N) is 6. The highest BCUT2D eigenvalue weighted by Crippen LogP contribution is 2.26. The van der Waals surface area contributed by atoms with E-state index in [1.807, 2.05) is 0 Å². The highest BCUT2D eigenvalue weighted by Gasteiger charge is 2.45. The maximum atomic E-state index is 14.3. The number of hydrogen-bond donors (Lipinski definition) is 8. The highest BCUT2D eigenvalue weighted by atomic mass is 32.2. The normalized spacial score (nSPS) is 28.8. The van der Waals surface area contributed by atoms with Crippen LogP contribution in [0.1, 0.15) is 92.4 Å². The number of aliphatic hydroxyl groups is 1. The second-order valence-corrected chi connectivity index (χ2v) is 17.7. The van der Waals surface area contributed by atoms with E-state index in [4.69, 9.17) is 5.73 Å². The third kappa shape index (κ3) is 14.0. The van der Waals surface area contributed by atoms with E-state index in [1.54, 1.807) is 27.7 Å². The molecule has 9 N–H and O–H groups in total. The van der Waals surface area contributed by atoms with Crippen LogP contribution in [-0.4, -0.2) is 152 Å². The summed E-state index contributed by atoms with van der Waals surface area (Å²) < 4.78 is 12.1. The minimum absolute atomic E-state index is 0.0299. The van der Waals surface area contributed by atoms with Gasteiger partial charge in [-0.25, -0.2) is 0 Å². The molecule has 0 aliphatic carbocycles. The third-order valence-corrected chi connectivity index (χ3v) is 11.7. The molecule has 3 aliphatic heterocycles. The van der Waals surface area contributed by atoms with Crippen molar-refractivity contribution < 1.29 is 52.5 Å². The number of primary amides is 1. The summed E-state index contributed by atoms with van der Waals surface area (Å²) in [6, 6.07) is -8.72. The van der Waals surface area contributed by atoms with Crippen molar-refractivity contribution in [3.8, 4) is 0 Å². The molecule has 0 aromatic heterocycles. The van der Waals surface area contributed by atoms with Crippen LogP contribution >= 0.6 is 0 Å². The molecule has 0 bridgehead atoms. The molecule has 3 rings (SSSR count). The molecule has 21 heteroatoms. The summed E-state index contributed by atoms with van der Waals surface area (Å²) in [6.07, 6.45) is 1.18. The maximum absolute atomic E-state index is 14.3. The number of hydrogen-bond acceptors (Lipinski definition) is 11. The van der Waals surface area contributed by atoms with E-state index in [9.17, 15) is 52.5 Å². The molecule has 9 amide bonds. The molecule has 0 spiro atoms. The molecule has 10 unspecified atom stereocenters. The molecule has 0 aromatic rings. The SMILES string of the molecule is CCC(C)C1NC(=O)C2CCCN2C(=O)C2CCCN2C(=O)C(CCC(N)=O)NC(=O)C(CCS(C)=O)NC(=O)C(CC(C)C)NC(=O)CNC(=O)C(C(C)O)NC1=O. The van der Waals surface area contributed by atoms with Gasteiger partial charge in [-0.3, -0.25) is 47.4 Å². The molecule has 0 radical (unpaired) electrons. The lowest BCUT2D eigenvalue weighted by atomic mass is 9.97. The van der Waals surface area contributed by atoms with E-state index in [1.165, 1.54) is 23.0 Å². The molecule has 332 valence electrons. The minimum atomic E-state index is -1.55. The topological polar surface area (TPSA) is 296 Å². The Morgan fingerprint density at radius 2 is 1.32 bits per heavy atom. The third-order valence-electron chi connectivity index (χ3n) is 10.9. The average molecular weight is 854 g/mol. The van der Waals surface area contributed by atoms with Crippen LogP contribution in [0.3, 0.4) is 0 Å². The van der Waals surface area contributed by atoms with E-state index in [0.29, 0.717) is 19.3 Å². The zero-order valence-electron chi connectivity index (χ0n) is 34.9. The van der Waals surface area contributed by atoms with Crippen LogP contribution in [0.2, 0.25) is 0 Å². The Morgan fingerprint density at radius 1 is 0.746 bits per heavy atom. The van der Waals surface area contributed by atoms with Gasteiger partial charge in [-0.15, -0.1) is 0 Å². The van der Waals surface area contributed by atoms with Crippen LogP contribution in [0.5, 0.6) is 0 Å². The number of aliphatic hydroxyl groups excluding tert-OH is 1. The molecule has 0 saturated carbocycles. The predicted molar refractivity (Wildman–Crippen MR) is 215 cm³/mol. The summed E-state index contributed by atoms with van der Waals surface area (Å²) in [5.74, 6) is -7.35. The monoisotopic (exact) mass is 853 g/mol. The molecule has 10 atom stereocenters. The molecular weight excluding hydrogens is 791 g/mol. The van der Waals surface area contributed by atoms with Crippen LogP contribution in [0.25, 0.3) is 0 Å². The Labute approximate surface area is 347 Å². The molecule has 3 aliphatic rings. The lowest BCUT2D eigenvalue weighted by Crippen LogP contribution is -2.62. The van der Waals surface area contributed by atoms with Gasteiger partial charge in [0.2, 0.25) is 53.2 Å². The first-order valence-corrected chi connectivity index (χ1v) is 22.1. The van der Waals surface area contributed by atoms with Crippen LogP contribution in [0, 0.1) is 11.8 Å². The molecule has 3 heterocycles. The van der Waals surface area contributed by atoms with Gasteiger partial charge in [-0.05, 0) is 63.7 Å². The van der Waals surface area contributed by atoms with Crippen LogP contribution in [0.4, 0.5) is 0 Å². The lowest BCUT2D eigenvalue weighted by molar-refractivity contribution is -0.148. The van der Waals surface area contributed by atoms with Crippen molar-refractivity contribution in [1.82, 2.24) is 41.7 Å². The summed E-state index contributed by atoms with van der Waals surface area (Å²) >= 11 is 0. The van der Waals surface area contributed by atoms with E-state index < -0.39 is 125 Å². The standard InChI is InChI=1S/C38H63N9O11S/c1-7-21(4)30-36(55)45-31(22(5)48)35(54)40-19-29(50)41-25(18-20(2)3)33(52)42-23(14-17-59(6)58)32(51)43-24(12-13-28(39)49)37(56)47-16-9-11-27(47)38(57)46-15-8-10-26(46)34(53)44-30/h20-27,30-31,48H,7-19H2,1-6H3,(H2,39,49)(H,40,54)(H,41,50)(H,42,52)(H,43,51)(H,44,53)(H,45,55). The Balaban J connectivity index is 2.08. The van der Waals surface area contributed by atoms with Crippen molar-refractivity contribution in [2.45, 2.75) is 141 Å². The van der Waals surface area contributed by atoms with Crippen LogP contribution in [-0.2, 0) is 54.0 Å². The van der Waals surface area contributed by atoms with Crippen LogP contribution in [0.15, 0.2) is 0 Å². The number of rotatable bonds is 11. The van der Waals surface area contributed by atoms with Gasteiger partial charge < -0.3 is 52.5 Å². The molecule has 3 saturated heterocycles. The maximum Gasteiger partial charge on any atom is 0.246 e. The fraction of sp³-hybridized carbons (Fsp3) is 0.763. The number of carbonyl (C=O) groups is 9. The van der Waals surface area contributed by atoms with E-state index >= 15 is 0 Å². The van der Waals surface area contributed by atoms with Crippen molar-refractivity contribution in [2.24, 2.45) is 17.6 Å². The molecule has 20 nitrogen and oxygen atoms in total. The van der Waals surface area contributed by atoms with Crippen molar-refractivity contribution in [2.75, 3.05) is 31.6 Å². The second-order valence-electron chi connectivity index (χ2n) is 16.1. The Kier molecular flexibility index (Phi) is 18.7. The fourth-order valence-electron chi connectivity index (χ4n) is 7.45. The van der Waals surface area contributed by atoms with Crippen LogP contribution < -0.4 is 37.6 Å². The summed E-state index contributed by atoms with van der Waals surface area (Å²) in [6.45, 7) is 8.00. The summed E-state index contributed by atoms with van der Waals surface area (Å²) in [4.78, 5) is 125. The van der Waals surface area contributed by atoms with E-state index in [2.05, 4.69) is 31.9 Å². The number of carbonyl (C=O) groups excluding carboxylic acids is 9. The van der Waals surface area contributed by atoms with Gasteiger partial charge in [0, 0.05) is 42.3 Å². The van der Waals surface area contributed by atoms with Crippen molar-refractivity contribution >= 4 is 64.0 Å². The summed E-state index contributed by atoms with van der Waals surface area (Å²) in [5, 5.41) is 25.9. The molecule has 59 heavy (non-hydrogen) atoms. The van der Waals surface area contributed by atoms with Gasteiger partial charge in [0.25, 0.3) is 0 Å². The number of nitrogens with two attached hydrogens (primary N) is 1. The minimum Gasteiger partial charge on any atom is -0.391 e. The van der Waals surface area contributed by atoms with E-state index in [0.717, 1.165) is 0 Å². The van der Waals surface area contributed by atoms with E-state index in [-0.39, 0.29) is 63.3 Å². The zero-order chi connectivity index (χ0) is 44.1. The van der Waals surface area contributed by atoms with Crippen molar-refractivity contribution in [3.63, 3.8) is 0 Å². The van der Waals surface area contributed by atoms with Gasteiger partial charge in [0.1, 0.15) is 42.3 Å². The number of fused-ring (bicyclic) bond motifs is 2. The zero-order valence-corrected chi connectivity index (χ0v) is 35.7. The van der Waals surface area contributed by atoms with Gasteiger partial charge in [-0.2, -0.15) is 0 Å². The Bertz CT molecular complexity index is 1610. The number of nitrogens with zero attached hydrogens (tertiary/aromatic N) is 2. The quantitative estimate of drug-likeness (QED) is 0.104. The first-order chi connectivity index (χ1) is 27.7. The first kappa shape index (κ1) is 48.7. The lowest BCUT2D eigenvalue weighted by Gasteiger charge is -2.34.